The van der Waals surface area contributed by atoms with E-state index in [4.69, 9.17) is 9.05 Å². The summed E-state index contributed by atoms with van der Waals surface area (Å²) in [6, 6.07) is 6.55. The monoisotopic (exact) mass is 438 g/mol. The molecule has 1 aromatic carbocycles. The lowest BCUT2D eigenvalue weighted by molar-refractivity contribution is -0.0659. The molecule has 0 saturated carbocycles. The van der Waals surface area contributed by atoms with Crippen LogP contribution in [0.3, 0.4) is 0 Å². The molecule has 1 rings (SSSR count). The van der Waals surface area contributed by atoms with E-state index in [1.165, 1.54) is 13.8 Å². The second-order valence-corrected chi connectivity index (χ2v) is 10.3. The van der Waals surface area contributed by atoms with Crippen molar-refractivity contribution < 1.29 is 31.7 Å². The van der Waals surface area contributed by atoms with Crippen molar-refractivity contribution in [3.63, 3.8) is 0 Å². The number of halogens is 2. The van der Waals surface area contributed by atoms with Gasteiger partial charge in [0.25, 0.3) is 0 Å². The van der Waals surface area contributed by atoms with Gasteiger partial charge in [0.1, 0.15) is 6.10 Å². The van der Waals surface area contributed by atoms with Crippen LogP contribution in [-0.4, -0.2) is 39.5 Å². The lowest BCUT2D eigenvalue weighted by Crippen LogP contribution is -2.45. The van der Waals surface area contributed by atoms with E-state index in [9.17, 15) is 13.9 Å². The van der Waals surface area contributed by atoms with Crippen molar-refractivity contribution in [1.29, 1.82) is 0 Å². The van der Waals surface area contributed by atoms with Gasteiger partial charge in [0.2, 0.25) is 0 Å². The second-order valence-electron chi connectivity index (χ2n) is 6.53. The van der Waals surface area contributed by atoms with Gasteiger partial charge in [0.15, 0.2) is 0 Å². The maximum absolute atomic E-state index is 15.0. The lowest BCUT2D eigenvalue weighted by Gasteiger charge is -2.32. The quantitative estimate of drug-likeness (QED) is 0.387. The molecule has 0 heterocycles. The van der Waals surface area contributed by atoms with Crippen LogP contribution < -0.4 is 0 Å². The highest BCUT2D eigenvalue weighted by molar-refractivity contribution is 7.85. The first-order valence-corrected chi connectivity index (χ1v) is 11.8. The molecule has 0 aliphatic heterocycles. The summed E-state index contributed by atoms with van der Waals surface area (Å²) in [6.07, 6.45) is -0.964. The molecule has 0 aliphatic carbocycles. The van der Waals surface area contributed by atoms with Crippen molar-refractivity contribution in [2.75, 3.05) is 13.2 Å². The number of alkyl halides is 2. The highest BCUT2D eigenvalue weighted by Gasteiger charge is 2.61. The molecule has 0 aliphatic rings. The van der Waals surface area contributed by atoms with Gasteiger partial charge in [-0.2, -0.15) is 8.78 Å². The summed E-state index contributed by atoms with van der Waals surface area (Å²) in [5, 5.41) is 9.12. The molecule has 0 spiro atoms. The molecule has 0 bridgehead atoms. The maximum atomic E-state index is 15.0. The SMILES string of the molecule is CCOP(=O)(OCC)C(F)(F)[C@H](O)[C@@H](CC=C(C)C)[S@@](=O)c1ccc(C)cc1. The first-order valence-electron chi connectivity index (χ1n) is 9.05. The molecule has 0 fully saturated rings. The molecule has 0 radical (unpaired) electrons. The molecule has 160 valence electrons. The minimum absolute atomic E-state index is 0.0855. The van der Waals surface area contributed by atoms with Crippen molar-refractivity contribution in [1.82, 2.24) is 0 Å². The zero-order chi connectivity index (χ0) is 21.5. The number of hydrogen-bond acceptors (Lipinski definition) is 5. The number of aliphatic hydroxyl groups excluding tert-OH is 1. The number of aliphatic hydroxyl groups is 1. The van der Waals surface area contributed by atoms with Crippen LogP contribution in [0.15, 0.2) is 40.8 Å². The molecular weight excluding hydrogens is 409 g/mol. The molecular formula is C19H29F2O5PS. The third kappa shape index (κ3) is 6.04. The van der Waals surface area contributed by atoms with Gasteiger partial charge in [0.05, 0.1) is 29.3 Å². The van der Waals surface area contributed by atoms with Gasteiger partial charge in [0, 0.05) is 4.90 Å². The molecule has 0 unspecified atom stereocenters. The summed E-state index contributed by atoms with van der Waals surface area (Å²) in [7, 11) is -6.93. The largest absolute Gasteiger partial charge is 0.402 e. The predicted octanol–water partition coefficient (Wildman–Crippen LogP) is 5.05. The molecule has 0 amide bonds. The van der Waals surface area contributed by atoms with E-state index in [0.717, 1.165) is 11.1 Å². The van der Waals surface area contributed by atoms with Crippen LogP contribution in [0, 0.1) is 6.92 Å². The third-order valence-electron chi connectivity index (χ3n) is 3.96. The number of allylic oxidation sites excluding steroid dienone is 2. The third-order valence-corrected chi connectivity index (χ3v) is 7.89. The van der Waals surface area contributed by atoms with E-state index >= 15 is 8.78 Å². The van der Waals surface area contributed by atoms with Gasteiger partial charge in [-0.3, -0.25) is 8.77 Å². The highest BCUT2D eigenvalue weighted by Crippen LogP contribution is 2.64. The standard InChI is InChI=1S/C19H29F2O5PS/c1-6-25-27(23,26-7-2)19(20,21)18(22)17(13-8-14(3)4)28(24)16-11-9-15(5)10-12-16/h8-12,17-18,22H,6-7,13H2,1-5H3/t17-,18-,28+/m1/s1. The molecule has 0 saturated heterocycles. The number of aryl methyl sites for hydroxylation is 1. The predicted molar refractivity (Wildman–Crippen MR) is 107 cm³/mol. The number of rotatable bonds is 11. The Morgan fingerprint density at radius 1 is 1.21 bits per heavy atom. The Labute approximate surface area is 168 Å². The van der Waals surface area contributed by atoms with Crippen LogP contribution in [0.1, 0.15) is 39.7 Å². The molecule has 5 nitrogen and oxygen atoms in total. The van der Waals surface area contributed by atoms with Crippen molar-refractivity contribution in [3.8, 4) is 0 Å². The summed E-state index contributed by atoms with van der Waals surface area (Å²) < 4.78 is 65.2. The highest BCUT2D eigenvalue weighted by atomic mass is 32.2. The summed E-state index contributed by atoms with van der Waals surface area (Å²) in [5.74, 6) is 0. The van der Waals surface area contributed by atoms with Crippen molar-refractivity contribution >= 4 is 18.4 Å². The van der Waals surface area contributed by atoms with Crippen molar-refractivity contribution in [3.05, 3.63) is 41.5 Å². The van der Waals surface area contributed by atoms with Gasteiger partial charge in [-0.1, -0.05) is 29.3 Å². The summed E-state index contributed by atoms with van der Waals surface area (Å²) in [6.45, 7) is 7.62. The fourth-order valence-corrected chi connectivity index (χ4v) is 5.60. The molecule has 0 aromatic heterocycles. The Morgan fingerprint density at radius 3 is 2.14 bits per heavy atom. The minimum Gasteiger partial charge on any atom is -0.385 e. The van der Waals surface area contributed by atoms with E-state index in [1.54, 1.807) is 44.2 Å². The molecule has 3 atom stereocenters. The summed E-state index contributed by atoms with van der Waals surface area (Å²) in [4.78, 5) is 0.301. The van der Waals surface area contributed by atoms with Crippen LogP contribution in [0.5, 0.6) is 0 Å². The van der Waals surface area contributed by atoms with Crippen molar-refractivity contribution in [2.45, 2.75) is 63.0 Å². The normalized spacial score (nSPS) is 15.7. The minimum atomic E-state index is -4.96. The van der Waals surface area contributed by atoms with E-state index in [2.05, 4.69) is 0 Å². The first kappa shape index (κ1) is 25.1. The average Bonchev–Trinajstić information content (AvgIpc) is 2.62. The first-order chi connectivity index (χ1) is 13.0. The zero-order valence-corrected chi connectivity index (χ0v) is 18.6. The topological polar surface area (TPSA) is 72.8 Å². The number of benzene rings is 1. The van der Waals surface area contributed by atoms with Crippen LogP contribution in [0.4, 0.5) is 8.78 Å². The van der Waals surface area contributed by atoms with Gasteiger partial charge in [-0.25, -0.2) is 0 Å². The van der Waals surface area contributed by atoms with E-state index in [-0.39, 0.29) is 19.6 Å². The molecule has 1 aromatic rings. The van der Waals surface area contributed by atoms with Gasteiger partial charge < -0.3 is 14.2 Å². The average molecular weight is 438 g/mol. The Morgan fingerprint density at radius 2 is 1.71 bits per heavy atom. The summed E-state index contributed by atoms with van der Waals surface area (Å²) in [5.41, 5.74) is -2.48. The van der Waals surface area contributed by atoms with Crippen molar-refractivity contribution in [2.24, 2.45) is 0 Å². The Balaban J connectivity index is 3.34. The Bertz CT molecular complexity index is 722. The smallest absolute Gasteiger partial charge is 0.385 e. The second kappa shape index (κ2) is 10.7. The Hall–Kier alpha value is -0.920. The van der Waals surface area contributed by atoms with Gasteiger partial charge >= 0.3 is 13.3 Å². The molecule has 28 heavy (non-hydrogen) atoms. The van der Waals surface area contributed by atoms with E-state index < -0.39 is 35.4 Å². The molecule has 1 N–H and O–H groups in total. The fourth-order valence-electron chi connectivity index (χ4n) is 2.47. The van der Waals surface area contributed by atoms with Gasteiger partial charge in [-0.15, -0.1) is 0 Å². The summed E-state index contributed by atoms with van der Waals surface area (Å²) >= 11 is 0. The van der Waals surface area contributed by atoms with Crippen LogP contribution in [0.25, 0.3) is 0 Å². The Kier molecular flexibility index (Phi) is 9.64. The lowest BCUT2D eigenvalue weighted by atomic mass is 10.1. The van der Waals surface area contributed by atoms with Crippen LogP contribution in [0.2, 0.25) is 0 Å². The molecule has 9 heteroatoms. The fraction of sp³-hybridized carbons (Fsp3) is 0.579. The van der Waals surface area contributed by atoms with Crippen LogP contribution >= 0.6 is 7.60 Å². The van der Waals surface area contributed by atoms with E-state index in [0.29, 0.717) is 4.90 Å². The maximum Gasteiger partial charge on any atom is 0.402 e. The zero-order valence-electron chi connectivity index (χ0n) is 16.9. The number of hydrogen-bond donors (Lipinski definition) is 1. The van der Waals surface area contributed by atoms with Crippen LogP contribution in [-0.2, 0) is 24.4 Å². The van der Waals surface area contributed by atoms with E-state index in [1.807, 2.05) is 6.92 Å². The van der Waals surface area contributed by atoms with Gasteiger partial charge in [-0.05, 0) is 53.2 Å².